The number of likely N-dealkylation sites (N-methyl/N-ethyl adjacent to an activating group) is 1. The number of amides is 1. The molecule has 6 nitrogen and oxygen atoms in total. The van der Waals surface area contributed by atoms with Crippen molar-refractivity contribution in [1.29, 1.82) is 0 Å². The molecule has 1 aliphatic heterocycles. The summed E-state index contributed by atoms with van der Waals surface area (Å²) in [5.41, 5.74) is 8.22. The Bertz CT molecular complexity index is 706. The molecule has 1 aromatic carbocycles. The molecule has 2 N–H and O–H groups in total. The standard InChI is InChI=1S/C18H21N3O3S/c1-21(10-13-7-8-25-12-13)17(22)11-24-18(23)16-9-15(19-20-16)14-5-3-2-4-6-14/h2-8,12,15-16,19-20H,9-11H2,1H3. The summed E-state index contributed by atoms with van der Waals surface area (Å²) < 4.78 is 5.18. The van der Waals surface area contributed by atoms with Gasteiger partial charge in [-0.2, -0.15) is 11.3 Å². The second kappa shape index (κ2) is 8.24. The zero-order valence-electron chi connectivity index (χ0n) is 14.0. The van der Waals surface area contributed by atoms with Gasteiger partial charge in [0.2, 0.25) is 0 Å². The fourth-order valence-corrected chi connectivity index (χ4v) is 3.36. The van der Waals surface area contributed by atoms with Crippen LogP contribution in [0.15, 0.2) is 47.2 Å². The summed E-state index contributed by atoms with van der Waals surface area (Å²) in [4.78, 5) is 25.8. The van der Waals surface area contributed by atoms with Gasteiger partial charge in [-0.3, -0.25) is 9.59 Å². The fraction of sp³-hybridized carbons (Fsp3) is 0.333. The normalized spacial score (nSPS) is 19.6. The predicted molar refractivity (Wildman–Crippen MR) is 95.6 cm³/mol. The van der Waals surface area contributed by atoms with Crippen molar-refractivity contribution in [3.63, 3.8) is 0 Å². The summed E-state index contributed by atoms with van der Waals surface area (Å²) in [5, 5.41) is 3.96. The van der Waals surface area contributed by atoms with E-state index < -0.39 is 12.0 Å². The van der Waals surface area contributed by atoms with Crippen molar-refractivity contribution >= 4 is 23.2 Å². The summed E-state index contributed by atoms with van der Waals surface area (Å²) in [6.45, 7) is 0.271. The molecule has 1 saturated heterocycles. The zero-order chi connectivity index (χ0) is 17.6. The highest BCUT2D eigenvalue weighted by Crippen LogP contribution is 2.22. The highest BCUT2D eigenvalue weighted by Gasteiger charge is 2.31. The minimum absolute atomic E-state index is 0.0516. The van der Waals surface area contributed by atoms with Gasteiger partial charge in [-0.1, -0.05) is 30.3 Å². The van der Waals surface area contributed by atoms with Gasteiger partial charge in [0, 0.05) is 19.6 Å². The lowest BCUT2D eigenvalue weighted by Gasteiger charge is -2.17. The number of rotatable bonds is 6. The fourth-order valence-electron chi connectivity index (χ4n) is 2.70. The summed E-state index contributed by atoms with van der Waals surface area (Å²) in [5.74, 6) is -0.631. The number of thiophene rings is 1. The maximum atomic E-state index is 12.2. The minimum atomic E-state index is -0.458. The lowest BCUT2D eigenvalue weighted by Crippen LogP contribution is -2.39. The van der Waals surface area contributed by atoms with Crippen LogP contribution in [-0.4, -0.2) is 36.5 Å². The van der Waals surface area contributed by atoms with E-state index >= 15 is 0 Å². The number of benzene rings is 1. The Morgan fingerprint density at radius 3 is 2.76 bits per heavy atom. The largest absolute Gasteiger partial charge is 0.454 e. The third kappa shape index (κ3) is 4.66. The maximum Gasteiger partial charge on any atom is 0.325 e. The Hall–Kier alpha value is -2.22. The van der Waals surface area contributed by atoms with Crippen molar-refractivity contribution in [2.24, 2.45) is 0 Å². The Kier molecular flexibility index (Phi) is 5.80. The van der Waals surface area contributed by atoms with Crippen molar-refractivity contribution in [1.82, 2.24) is 15.8 Å². The number of nitrogens with one attached hydrogen (secondary N) is 2. The average molecular weight is 359 g/mol. The van der Waals surface area contributed by atoms with E-state index in [1.165, 1.54) is 0 Å². The van der Waals surface area contributed by atoms with Crippen LogP contribution < -0.4 is 10.9 Å². The molecule has 2 aromatic rings. The van der Waals surface area contributed by atoms with E-state index in [0.29, 0.717) is 13.0 Å². The molecule has 2 atom stereocenters. The first-order valence-electron chi connectivity index (χ1n) is 8.11. The second-order valence-electron chi connectivity index (χ2n) is 6.03. The Labute approximate surface area is 150 Å². The smallest absolute Gasteiger partial charge is 0.325 e. The van der Waals surface area contributed by atoms with Crippen LogP contribution in [0.3, 0.4) is 0 Å². The van der Waals surface area contributed by atoms with Gasteiger partial charge < -0.3 is 9.64 Å². The van der Waals surface area contributed by atoms with E-state index in [4.69, 9.17) is 4.74 Å². The van der Waals surface area contributed by atoms with Crippen molar-refractivity contribution < 1.29 is 14.3 Å². The number of esters is 1. The molecular formula is C18H21N3O3S. The van der Waals surface area contributed by atoms with Gasteiger partial charge in [0.15, 0.2) is 6.61 Å². The molecule has 1 aliphatic rings. The second-order valence-corrected chi connectivity index (χ2v) is 6.81. The molecule has 132 valence electrons. The molecule has 1 aromatic heterocycles. The molecule has 0 spiro atoms. The SMILES string of the molecule is CN(Cc1ccsc1)C(=O)COC(=O)C1CC(c2ccccc2)NN1. The van der Waals surface area contributed by atoms with Crippen LogP contribution >= 0.6 is 11.3 Å². The van der Waals surface area contributed by atoms with Crippen molar-refractivity contribution in [3.8, 4) is 0 Å². The van der Waals surface area contributed by atoms with E-state index in [2.05, 4.69) is 10.9 Å². The number of hydrazine groups is 1. The predicted octanol–water partition coefficient (Wildman–Crippen LogP) is 1.86. The number of ether oxygens (including phenoxy) is 1. The molecule has 0 aliphatic carbocycles. The molecule has 1 fully saturated rings. The molecule has 7 heteroatoms. The quantitative estimate of drug-likeness (QED) is 0.771. The molecule has 2 heterocycles. The summed E-state index contributed by atoms with van der Waals surface area (Å²) in [6, 6.07) is 11.5. The van der Waals surface area contributed by atoms with Crippen molar-refractivity contribution in [3.05, 3.63) is 58.3 Å². The molecule has 3 rings (SSSR count). The van der Waals surface area contributed by atoms with Gasteiger partial charge in [0.1, 0.15) is 6.04 Å². The number of hydrogen-bond acceptors (Lipinski definition) is 6. The Morgan fingerprint density at radius 2 is 2.04 bits per heavy atom. The van der Waals surface area contributed by atoms with Crippen molar-refractivity contribution in [2.45, 2.75) is 25.0 Å². The topological polar surface area (TPSA) is 70.7 Å². The van der Waals surface area contributed by atoms with Crippen LogP contribution in [0.25, 0.3) is 0 Å². The van der Waals surface area contributed by atoms with E-state index in [0.717, 1.165) is 11.1 Å². The molecule has 2 unspecified atom stereocenters. The van der Waals surface area contributed by atoms with E-state index in [1.807, 2.05) is 47.2 Å². The van der Waals surface area contributed by atoms with E-state index in [9.17, 15) is 9.59 Å². The number of nitrogens with zero attached hydrogens (tertiary/aromatic N) is 1. The van der Waals surface area contributed by atoms with Crippen LogP contribution in [0, 0.1) is 0 Å². The molecule has 25 heavy (non-hydrogen) atoms. The van der Waals surface area contributed by atoms with Crippen LogP contribution in [0.2, 0.25) is 0 Å². The van der Waals surface area contributed by atoms with Gasteiger partial charge >= 0.3 is 5.97 Å². The number of carbonyl (C=O) groups excluding carboxylic acids is 2. The molecular weight excluding hydrogens is 338 g/mol. The first-order valence-corrected chi connectivity index (χ1v) is 9.05. The lowest BCUT2D eigenvalue weighted by molar-refractivity contribution is -0.153. The molecule has 0 saturated carbocycles. The first kappa shape index (κ1) is 17.6. The first-order chi connectivity index (χ1) is 12.1. The van der Waals surface area contributed by atoms with E-state index in [-0.39, 0.29) is 18.6 Å². The highest BCUT2D eigenvalue weighted by atomic mass is 32.1. The monoisotopic (exact) mass is 359 g/mol. The number of hydrogen-bond donors (Lipinski definition) is 2. The van der Waals surface area contributed by atoms with Crippen LogP contribution in [0.4, 0.5) is 0 Å². The lowest BCUT2D eigenvalue weighted by atomic mass is 10.0. The molecule has 1 amide bonds. The average Bonchev–Trinajstić information content (AvgIpc) is 3.32. The third-order valence-corrected chi connectivity index (χ3v) is 4.89. The number of carbonyl (C=O) groups is 2. The van der Waals surface area contributed by atoms with Crippen LogP contribution in [-0.2, 0) is 20.9 Å². The van der Waals surface area contributed by atoms with Gasteiger partial charge in [-0.05, 0) is 34.4 Å². The maximum absolute atomic E-state index is 12.2. The summed E-state index contributed by atoms with van der Waals surface area (Å²) in [7, 11) is 1.70. The van der Waals surface area contributed by atoms with E-state index in [1.54, 1.807) is 23.3 Å². The zero-order valence-corrected chi connectivity index (χ0v) is 14.8. The Morgan fingerprint density at radius 1 is 1.24 bits per heavy atom. The van der Waals surface area contributed by atoms with Gasteiger partial charge in [0.05, 0.1) is 0 Å². The minimum Gasteiger partial charge on any atom is -0.454 e. The summed E-state index contributed by atoms with van der Waals surface area (Å²) in [6.07, 6.45) is 0.585. The van der Waals surface area contributed by atoms with Gasteiger partial charge in [0.25, 0.3) is 5.91 Å². The van der Waals surface area contributed by atoms with Crippen LogP contribution in [0.5, 0.6) is 0 Å². The van der Waals surface area contributed by atoms with Gasteiger partial charge in [-0.15, -0.1) is 0 Å². The van der Waals surface area contributed by atoms with Crippen molar-refractivity contribution in [2.75, 3.05) is 13.7 Å². The summed E-state index contributed by atoms with van der Waals surface area (Å²) >= 11 is 1.59. The van der Waals surface area contributed by atoms with Crippen LogP contribution in [0.1, 0.15) is 23.6 Å². The molecule has 0 radical (unpaired) electrons. The Balaban J connectivity index is 1.44. The third-order valence-electron chi connectivity index (χ3n) is 4.15. The highest BCUT2D eigenvalue weighted by molar-refractivity contribution is 7.07. The molecule has 0 bridgehead atoms. The van der Waals surface area contributed by atoms with Gasteiger partial charge in [-0.25, -0.2) is 10.9 Å².